The van der Waals surface area contributed by atoms with Gasteiger partial charge in [0.25, 0.3) is 0 Å². The van der Waals surface area contributed by atoms with Crippen molar-refractivity contribution in [1.29, 1.82) is 0 Å². The Balaban J connectivity index is 1.50. The first-order valence-corrected chi connectivity index (χ1v) is 11.8. The van der Waals surface area contributed by atoms with Crippen LogP contribution in [0.25, 0.3) is 0 Å². The molecule has 1 atom stereocenters. The first-order valence-electron chi connectivity index (χ1n) is 11.8. The molecule has 0 saturated carbocycles. The molecule has 0 amide bonds. The molecule has 4 heteroatoms. The number of fused-ring (bicyclic) bond motifs is 1. The van der Waals surface area contributed by atoms with E-state index in [1.807, 2.05) is 12.1 Å². The zero-order valence-corrected chi connectivity index (χ0v) is 19.3. The summed E-state index contributed by atoms with van der Waals surface area (Å²) in [6, 6.07) is 37.9. The number of hydrogen-bond acceptors (Lipinski definition) is 4. The van der Waals surface area contributed by atoms with Crippen LogP contribution in [0.15, 0.2) is 109 Å². The Morgan fingerprint density at radius 2 is 1.29 bits per heavy atom. The first-order chi connectivity index (χ1) is 16.7. The lowest BCUT2D eigenvalue weighted by molar-refractivity contribution is 0.118. The molecule has 1 N–H and O–H groups in total. The van der Waals surface area contributed by atoms with E-state index in [-0.39, 0.29) is 0 Å². The van der Waals surface area contributed by atoms with Gasteiger partial charge in [-0.2, -0.15) is 0 Å². The molecule has 4 aromatic carbocycles. The summed E-state index contributed by atoms with van der Waals surface area (Å²) in [5.41, 5.74) is 5.88. The molecule has 34 heavy (non-hydrogen) atoms. The van der Waals surface area contributed by atoms with E-state index in [9.17, 15) is 5.11 Å². The standard InChI is InChI=1S/C30H30N2O2/c33-28-22-32(21-26-14-8-3-9-15-26)29-18-27(16-17-30(29)34-23-28)31(19-24-10-4-1-5-11-24)20-25-12-6-2-7-13-25/h1-18,28,33H,19-23H2/t28-/m0/s1. The topological polar surface area (TPSA) is 35.9 Å². The zero-order chi connectivity index (χ0) is 23.2. The fourth-order valence-electron chi connectivity index (χ4n) is 4.46. The van der Waals surface area contributed by atoms with Crippen LogP contribution in [0.4, 0.5) is 11.4 Å². The quantitative estimate of drug-likeness (QED) is 0.395. The van der Waals surface area contributed by atoms with E-state index in [4.69, 9.17) is 4.74 Å². The van der Waals surface area contributed by atoms with Gasteiger partial charge in [-0.25, -0.2) is 0 Å². The molecule has 0 unspecified atom stereocenters. The van der Waals surface area contributed by atoms with Crippen LogP contribution in [0, 0.1) is 0 Å². The van der Waals surface area contributed by atoms with Crippen molar-refractivity contribution in [2.75, 3.05) is 23.0 Å². The van der Waals surface area contributed by atoms with E-state index < -0.39 is 6.10 Å². The zero-order valence-electron chi connectivity index (χ0n) is 19.3. The monoisotopic (exact) mass is 450 g/mol. The molecule has 4 nitrogen and oxygen atoms in total. The summed E-state index contributed by atoms with van der Waals surface area (Å²) >= 11 is 0. The number of nitrogens with zero attached hydrogens (tertiary/aromatic N) is 2. The number of anilines is 2. The predicted octanol–water partition coefficient (Wildman–Crippen LogP) is 5.65. The number of aliphatic hydroxyl groups excluding tert-OH is 1. The minimum atomic E-state index is -0.538. The van der Waals surface area contributed by atoms with Crippen LogP contribution < -0.4 is 14.5 Å². The summed E-state index contributed by atoms with van der Waals surface area (Å²) < 4.78 is 5.99. The number of aliphatic hydroxyl groups is 1. The number of hydrogen-bond donors (Lipinski definition) is 1. The molecular formula is C30H30N2O2. The van der Waals surface area contributed by atoms with E-state index in [0.717, 1.165) is 36.8 Å². The van der Waals surface area contributed by atoms with Gasteiger partial charge < -0.3 is 19.6 Å². The lowest BCUT2D eigenvalue weighted by Gasteiger charge is -2.29. The third-order valence-electron chi connectivity index (χ3n) is 6.16. The number of benzene rings is 4. The minimum Gasteiger partial charge on any atom is -0.489 e. The highest BCUT2D eigenvalue weighted by molar-refractivity contribution is 5.68. The smallest absolute Gasteiger partial charge is 0.142 e. The number of rotatable bonds is 7. The number of β-amino-alcohol motifs (C(OH)–C–C–N with tert-alkyl or cyclic N) is 1. The van der Waals surface area contributed by atoms with Gasteiger partial charge in [0.2, 0.25) is 0 Å². The summed E-state index contributed by atoms with van der Waals surface area (Å²) in [5.74, 6) is 0.815. The Labute approximate surface area is 201 Å². The molecule has 0 fully saturated rings. The molecule has 0 bridgehead atoms. The maximum absolute atomic E-state index is 10.5. The highest BCUT2D eigenvalue weighted by Gasteiger charge is 2.23. The molecule has 0 spiro atoms. The van der Waals surface area contributed by atoms with Crippen molar-refractivity contribution in [3.63, 3.8) is 0 Å². The van der Waals surface area contributed by atoms with Crippen LogP contribution in [0.3, 0.4) is 0 Å². The highest BCUT2D eigenvalue weighted by Crippen LogP contribution is 2.36. The van der Waals surface area contributed by atoms with E-state index in [1.54, 1.807) is 0 Å². The van der Waals surface area contributed by atoms with Crippen LogP contribution in [0.5, 0.6) is 5.75 Å². The van der Waals surface area contributed by atoms with Gasteiger partial charge in [-0.05, 0) is 34.9 Å². The normalized spacial score (nSPS) is 15.2. The van der Waals surface area contributed by atoms with Crippen LogP contribution in [0.2, 0.25) is 0 Å². The van der Waals surface area contributed by atoms with Gasteiger partial charge in [0.05, 0.1) is 5.69 Å². The lowest BCUT2D eigenvalue weighted by Crippen LogP contribution is -2.32. The molecule has 172 valence electrons. The predicted molar refractivity (Wildman–Crippen MR) is 138 cm³/mol. The van der Waals surface area contributed by atoms with Crippen molar-refractivity contribution < 1.29 is 9.84 Å². The van der Waals surface area contributed by atoms with Crippen LogP contribution in [-0.2, 0) is 19.6 Å². The van der Waals surface area contributed by atoms with Gasteiger partial charge in [0.1, 0.15) is 18.5 Å². The molecule has 5 rings (SSSR count). The molecule has 0 saturated heterocycles. The molecule has 1 aliphatic rings. The van der Waals surface area contributed by atoms with Crippen molar-refractivity contribution in [1.82, 2.24) is 0 Å². The Kier molecular flexibility index (Phi) is 6.78. The molecule has 4 aromatic rings. The molecule has 1 aliphatic heterocycles. The van der Waals surface area contributed by atoms with Crippen molar-refractivity contribution in [2.45, 2.75) is 25.7 Å². The van der Waals surface area contributed by atoms with Gasteiger partial charge in [0, 0.05) is 31.9 Å². The van der Waals surface area contributed by atoms with Crippen molar-refractivity contribution in [2.24, 2.45) is 0 Å². The third kappa shape index (κ3) is 5.41. The minimum absolute atomic E-state index is 0.301. The second kappa shape index (κ2) is 10.4. The second-order valence-corrected chi connectivity index (χ2v) is 8.81. The number of ether oxygens (including phenoxy) is 1. The molecular weight excluding hydrogens is 420 g/mol. The van der Waals surface area contributed by atoms with E-state index in [0.29, 0.717) is 13.2 Å². The van der Waals surface area contributed by atoms with Gasteiger partial charge in [-0.3, -0.25) is 0 Å². The first kappa shape index (κ1) is 22.1. The summed E-state index contributed by atoms with van der Waals surface area (Å²) in [7, 11) is 0. The molecule has 0 radical (unpaired) electrons. The summed E-state index contributed by atoms with van der Waals surface area (Å²) in [5, 5.41) is 10.5. The Morgan fingerprint density at radius 3 is 1.88 bits per heavy atom. The van der Waals surface area contributed by atoms with E-state index in [2.05, 4.69) is 107 Å². The summed E-state index contributed by atoms with van der Waals surface area (Å²) in [6.07, 6.45) is -0.538. The molecule has 0 aromatic heterocycles. The highest BCUT2D eigenvalue weighted by atomic mass is 16.5. The van der Waals surface area contributed by atoms with Gasteiger partial charge in [-0.15, -0.1) is 0 Å². The van der Waals surface area contributed by atoms with Crippen molar-refractivity contribution >= 4 is 11.4 Å². The van der Waals surface area contributed by atoms with Crippen molar-refractivity contribution in [3.8, 4) is 5.75 Å². The largest absolute Gasteiger partial charge is 0.489 e. The Morgan fingerprint density at radius 1 is 0.735 bits per heavy atom. The molecule has 1 heterocycles. The Hall–Kier alpha value is -3.76. The van der Waals surface area contributed by atoms with Gasteiger partial charge in [-0.1, -0.05) is 91.0 Å². The van der Waals surface area contributed by atoms with Crippen LogP contribution in [0.1, 0.15) is 16.7 Å². The average Bonchev–Trinajstić information content (AvgIpc) is 3.03. The summed E-state index contributed by atoms with van der Waals surface area (Å²) in [4.78, 5) is 4.63. The SMILES string of the molecule is O[C@@H]1COc2ccc(N(Cc3ccccc3)Cc3ccccc3)cc2N(Cc2ccccc2)C1. The van der Waals surface area contributed by atoms with Crippen molar-refractivity contribution in [3.05, 3.63) is 126 Å². The van der Waals surface area contributed by atoms with Crippen LogP contribution in [-0.4, -0.2) is 24.4 Å². The second-order valence-electron chi connectivity index (χ2n) is 8.81. The average molecular weight is 451 g/mol. The van der Waals surface area contributed by atoms with E-state index >= 15 is 0 Å². The maximum Gasteiger partial charge on any atom is 0.142 e. The maximum atomic E-state index is 10.5. The Bertz CT molecular complexity index is 1140. The van der Waals surface area contributed by atoms with Gasteiger partial charge in [0.15, 0.2) is 0 Å². The summed E-state index contributed by atoms with van der Waals surface area (Å²) in [6.45, 7) is 3.15. The molecule has 0 aliphatic carbocycles. The fraction of sp³-hybridized carbons (Fsp3) is 0.200. The fourth-order valence-corrected chi connectivity index (χ4v) is 4.46. The third-order valence-corrected chi connectivity index (χ3v) is 6.16. The van der Waals surface area contributed by atoms with Crippen LogP contribution >= 0.6 is 0 Å². The lowest BCUT2D eigenvalue weighted by atomic mass is 10.1. The van der Waals surface area contributed by atoms with Gasteiger partial charge >= 0.3 is 0 Å². The van der Waals surface area contributed by atoms with E-state index in [1.165, 1.54) is 16.7 Å².